The van der Waals surface area contributed by atoms with E-state index in [4.69, 9.17) is 21.1 Å². The number of benzene rings is 1. The summed E-state index contributed by atoms with van der Waals surface area (Å²) in [6.07, 6.45) is -2.57. The minimum atomic E-state index is -2.57. The molecule has 0 amide bonds. The van der Waals surface area contributed by atoms with E-state index < -0.39 is 6.43 Å². The summed E-state index contributed by atoms with van der Waals surface area (Å²) in [6.45, 7) is 6.32. The Balaban J connectivity index is 1.90. The molecule has 1 aliphatic rings. The second-order valence-corrected chi connectivity index (χ2v) is 5.15. The van der Waals surface area contributed by atoms with E-state index in [0.717, 1.165) is 32.8 Å². The standard InChI is InChI=1S/C14H18ClF2NO2/c1-10-8-11(14(16)17)12(15)9-13(10)20-7-4-18-2-5-19-6-3-18/h8-9,14H,2-7H2,1H3. The van der Waals surface area contributed by atoms with Crippen LogP contribution in [0.3, 0.4) is 0 Å². The molecule has 1 aliphatic heterocycles. The molecule has 1 aromatic rings. The lowest BCUT2D eigenvalue weighted by molar-refractivity contribution is 0.0322. The second kappa shape index (κ2) is 7.20. The van der Waals surface area contributed by atoms with Crippen LogP contribution in [-0.4, -0.2) is 44.4 Å². The number of alkyl halides is 2. The molecule has 0 radical (unpaired) electrons. The topological polar surface area (TPSA) is 21.7 Å². The molecular weight excluding hydrogens is 288 g/mol. The largest absolute Gasteiger partial charge is 0.492 e. The Labute approximate surface area is 122 Å². The number of aryl methyl sites for hydroxylation is 1. The van der Waals surface area contributed by atoms with Gasteiger partial charge in [0.05, 0.1) is 18.2 Å². The number of halogens is 3. The highest BCUT2D eigenvalue weighted by atomic mass is 35.5. The maximum absolute atomic E-state index is 12.7. The van der Waals surface area contributed by atoms with E-state index >= 15 is 0 Å². The number of hydrogen-bond donors (Lipinski definition) is 0. The minimum Gasteiger partial charge on any atom is -0.492 e. The third kappa shape index (κ3) is 4.04. The minimum absolute atomic E-state index is 0.0481. The normalized spacial score (nSPS) is 16.6. The summed E-state index contributed by atoms with van der Waals surface area (Å²) in [6, 6.07) is 2.86. The first kappa shape index (κ1) is 15.5. The molecule has 0 spiro atoms. The molecule has 0 bridgehead atoms. The first-order valence-corrected chi connectivity index (χ1v) is 6.97. The van der Waals surface area contributed by atoms with Gasteiger partial charge in [-0.25, -0.2) is 8.78 Å². The monoisotopic (exact) mass is 305 g/mol. The molecule has 0 saturated carbocycles. The Kier molecular flexibility index (Phi) is 5.57. The lowest BCUT2D eigenvalue weighted by Gasteiger charge is -2.26. The number of ether oxygens (including phenoxy) is 2. The molecule has 112 valence electrons. The van der Waals surface area contributed by atoms with Gasteiger partial charge in [-0.1, -0.05) is 11.6 Å². The molecule has 1 aromatic carbocycles. The van der Waals surface area contributed by atoms with Crippen LogP contribution in [-0.2, 0) is 4.74 Å². The van der Waals surface area contributed by atoms with Crippen LogP contribution in [0.4, 0.5) is 8.78 Å². The van der Waals surface area contributed by atoms with Gasteiger partial charge in [0.1, 0.15) is 12.4 Å². The zero-order chi connectivity index (χ0) is 14.5. The van der Waals surface area contributed by atoms with Crippen molar-refractivity contribution in [3.63, 3.8) is 0 Å². The average molecular weight is 306 g/mol. The smallest absolute Gasteiger partial charge is 0.265 e. The fraction of sp³-hybridized carbons (Fsp3) is 0.571. The van der Waals surface area contributed by atoms with Crippen molar-refractivity contribution in [1.29, 1.82) is 0 Å². The maximum Gasteiger partial charge on any atom is 0.265 e. The number of morpholine rings is 1. The third-order valence-electron chi connectivity index (χ3n) is 3.30. The third-order valence-corrected chi connectivity index (χ3v) is 3.63. The van der Waals surface area contributed by atoms with Crippen molar-refractivity contribution >= 4 is 11.6 Å². The van der Waals surface area contributed by atoms with E-state index in [-0.39, 0.29) is 10.6 Å². The highest BCUT2D eigenvalue weighted by Crippen LogP contribution is 2.32. The molecule has 0 N–H and O–H groups in total. The SMILES string of the molecule is Cc1cc(C(F)F)c(Cl)cc1OCCN1CCOCC1. The van der Waals surface area contributed by atoms with Crippen LogP contribution in [0.5, 0.6) is 5.75 Å². The number of nitrogens with zero attached hydrogens (tertiary/aromatic N) is 1. The fourth-order valence-electron chi connectivity index (χ4n) is 2.12. The summed E-state index contributed by atoms with van der Waals surface area (Å²) >= 11 is 5.84. The van der Waals surface area contributed by atoms with E-state index in [1.165, 1.54) is 12.1 Å². The van der Waals surface area contributed by atoms with Gasteiger partial charge in [-0.3, -0.25) is 4.90 Å². The van der Waals surface area contributed by atoms with Crippen LogP contribution in [0.1, 0.15) is 17.6 Å². The predicted octanol–water partition coefficient (Wildman–Crippen LogP) is 3.30. The quantitative estimate of drug-likeness (QED) is 0.833. The molecule has 2 rings (SSSR count). The summed E-state index contributed by atoms with van der Waals surface area (Å²) in [4.78, 5) is 2.24. The zero-order valence-electron chi connectivity index (χ0n) is 11.4. The highest BCUT2D eigenvalue weighted by Gasteiger charge is 2.15. The van der Waals surface area contributed by atoms with E-state index in [2.05, 4.69) is 4.90 Å². The van der Waals surface area contributed by atoms with Gasteiger partial charge in [0.2, 0.25) is 0 Å². The Morgan fingerprint density at radius 1 is 1.35 bits per heavy atom. The van der Waals surface area contributed by atoms with Crippen LogP contribution >= 0.6 is 11.6 Å². The van der Waals surface area contributed by atoms with Gasteiger partial charge < -0.3 is 9.47 Å². The van der Waals surface area contributed by atoms with E-state index in [0.29, 0.717) is 17.9 Å². The van der Waals surface area contributed by atoms with Crippen molar-refractivity contribution in [3.05, 3.63) is 28.3 Å². The summed E-state index contributed by atoms with van der Waals surface area (Å²) in [5.41, 5.74) is 0.524. The molecule has 6 heteroatoms. The van der Waals surface area contributed by atoms with Gasteiger partial charge in [-0.2, -0.15) is 0 Å². The Morgan fingerprint density at radius 2 is 2.05 bits per heavy atom. The first-order valence-electron chi connectivity index (χ1n) is 6.59. The van der Waals surface area contributed by atoms with Crippen molar-refractivity contribution < 1.29 is 18.3 Å². The van der Waals surface area contributed by atoms with Crippen LogP contribution in [0.15, 0.2) is 12.1 Å². The first-order chi connectivity index (χ1) is 9.58. The molecule has 0 unspecified atom stereocenters. The number of hydrogen-bond acceptors (Lipinski definition) is 3. The fourth-order valence-corrected chi connectivity index (χ4v) is 2.35. The molecule has 0 aliphatic carbocycles. The van der Waals surface area contributed by atoms with E-state index in [9.17, 15) is 8.78 Å². The average Bonchev–Trinajstić information content (AvgIpc) is 2.43. The molecule has 0 atom stereocenters. The van der Waals surface area contributed by atoms with Gasteiger partial charge in [0.25, 0.3) is 6.43 Å². The van der Waals surface area contributed by atoms with Crippen LogP contribution < -0.4 is 4.74 Å². The molecule has 0 aromatic heterocycles. The predicted molar refractivity (Wildman–Crippen MR) is 73.9 cm³/mol. The Hall–Kier alpha value is -0.910. The van der Waals surface area contributed by atoms with Gasteiger partial charge in [0.15, 0.2) is 0 Å². The van der Waals surface area contributed by atoms with Crippen molar-refractivity contribution in [2.45, 2.75) is 13.3 Å². The summed E-state index contributed by atoms with van der Waals surface area (Å²) in [5.74, 6) is 0.563. The summed E-state index contributed by atoms with van der Waals surface area (Å²) in [5, 5.41) is 0.0481. The van der Waals surface area contributed by atoms with Crippen LogP contribution in [0, 0.1) is 6.92 Å². The van der Waals surface area contributed by atoms with E-state index in [1.54, 1.807) is 6.92 Å². The number of rotatable bonds is 5. The van der Waals surface area contributed by atoms with Gasteiger partial charge >= 0.3 is 0 Å². The lowest BCUT2D eigenvalue weighted by atomic mass is 10.1. The molecule has 1 fully saturated rings. The molecular formula is C14H18ClF2NO2. The van der Waals surface area contributed by atoms with Gasteiger partial charge in [-0.05, 0) is 24.6 Å². The van der Waals surface area contributed by atoms with Crippen molar-refractivity contribution in [1.82, 2.24) is 4.90 Å². The van der Waals surface area contributed by atoms with E-state index in [1.807, 2.05) is 0 Å². The maximum atomic E-state index is 12.7. The molecule has 1 heterocycles. The summed E-state index contributed by atoms with van der Waals surface area (Å²) < 4.78 is 36.3. The van der Waals surface area contributed by atoms with Crippen LogP contribution in [0.2, 0.25) is 5.02 Å². The van der Waals surface area contributed by atoms with Gasteiger partial charge in [-0.15, -0.1) is 0 Å². The zero-order valence-corrected chi connectivity index (χ0v) is 12.1. The Morgan fingerprint density at radius 3 is 2.70 bits per heavy atom. The van der Waals surface area contributed by atoms with Crippen molar-refractivity contribution in [3.8, 4) is 5.75 Å². The Bertz CT molecular complexity index is 451. The molecule has 1 saturated heterocycles. The van der Waals surface area contributed by atoms with Crippen LogP contribution in [0.25, 0.3) is 0 Å². The summed E-state index contributed by atoms with van der Waals surface area (Å²) in [7, 11) is 0. The molecule has 3 nitrogen and oxygen atoms in total. The second-order valence-electron chi connectivity index (χ2n) is 4.74. The highest BCUT2D eigenvalue weighted by molar-refractivity contribution is 6.31. The van der Waals surface area contributed by atoms with Gasteiger partial charge in [0, 0.05) is 25.2 Å². The van der Waals surface area contributed by atoms with Crippen molar-refractivity contribution in [2.24, 2.45) is 0 Å². The molecule has 20 heavy (non-hydrogen) atoms. The van der Waals surface area contributed by atoms with Crippen molar-refractivity contribution in [2.75, 3.05) is 39.5 Å². The lowest BCUT2D eigenvalue weighted by Crippen LogP contribution is -2.38.